The second kappa shape index (κ2) is 6.42. The normalized spacial score (nSPS) is 11.0. The van der Waals surface area contributed by atoms with Crippen LogP contribution in [0.3, 0.4) is 0 Å². The summed E-state index contributed by atoms with van der Waals surface area (Å²) in [5.74, 6) is 6.65. The number of benzene rings is 2. The smallest absolute Gasteiger partial charge is 0.280 e. The topological polar surface area (TPSA) is 60.9 Å². The highest BCUT2D eigenvalue weighted by Gasteiger charge is 2.09. The van der Waals surface area contributed by atoms with Gasteiger partial charge in [0.2, 0.25) is 0 Å². The molecule has 0 radical (unpaired) electrons. The largest absolute Gasteiger partial charge is 0.334 e. The van der Waals surface area contributed by atoms with Crippen molar-refractivity contribution in [3.8, 4) is 0 Å². The van der Waals surface area contributed by atoms with E-state index in [1.165, 1.54) is 17.3 Å². The average Bonchev–Trinajstić information content (AvgIpc) is 2.53. The number of nitrogen functional groups attached to an aromatic ring is 1. The van der Waals surface area contributed by atoms with E-state index in [1.807, 2.05) is 18.2 Å². The van der Waals surface area contributed by atoms with Gasteiger partial charge in [0.15, 0.2) is 5.16 Å². The predicted octanol–water partition coefficient (Wildman–Crippen LogP) is 3.10. The minimum Gasteiger partial charge on any atom is -0.334 e. The van der Waals surface area contributed by atoms with Crippen LogP contribution in [0.2, 0.25) is 5.02 Å². The molecule has 0 atom stereocenters. The molecule has 0 spiro atoms. The van der Waals surface area contributed by atoms with Gasteiger partial charge in [-0.3, -0.25) is 4.79 Å². The number of hydrogen-bond acceptors (Lipinski definition) is 4. The Balaban J connectivity index is 1.84. The Bertz CT molecular complexity index is 864. The first-order valence-electron chi connectivity index (χ1n) is 6.79. The Morgan fingerprint density at radius 3 is 2.73 bits per heavy atom. The van der Waals surface area contributed by atoms with E-state index < -0.39 is 0 Å². The third kappa shape index (κ3) is 3.10. The molecule has 0 amide bonds. The summed E-state index contributed by atoms with van der Waals surface area (Å²) in [6.45, 7) is 0. The molecule has 1 aromatic heterocycles. The lowest BCUT2D eigenvalue weighted by atomic mass is 10.2. The van der Waals surface area contributed by atoms with Gasteiger partial charge in [-0.05, 0) is 30.2 Å². The summed E-state index contributed by atoms with van der Waals surface area (Å²) in [6, 6.07) is 15.1. The summed E-state index contributed by atoms with van der Waals surface area (Å²) >= 11 is 7.42. The molecule has 1 heterocycles. The van der Waals surface area contributed by atoms with Gasteiger partial charge in [-0.25, -0.2) is 9.66 Å². The minimum absolute atomic E-state index is 0.260. The second-order valence-electron chi connectivity index (χ2n) is 4.82. The van der Waals surface area contributed by atoms with E-state index in [1.54, 1.807) is 18.2 Å². The van der Waals surface area contributed by atoms with E-state index >= 15 is 0 Å². The first kappa shape index (κ1) is 14.9. The molecule has 0 fully saturated rings. The van der Waals surface area contributed by atoms with Gasteiger partial charge >= 0.3 is 0 Å². The molecule has 22 heavy (non-hydrogen) atoms. The number of nitrogens with two attached hydrogens (primary N) is 1. The number of aromatic nitrogens is 2. The van der Waals surface area contributed by atoms with E-state index in [-0.39, 0.29) is 5.56 Å². The number of halogens is 1. The highest BCUT2D eigenvalue weighted by molar-refractivity contribution is 7.99. The second-order valence-corrected chi connectivity index (χ2v) is 6.31. The minimum atomic E-state index is -0.260. The molecule has 2 N–H and O–H groups in total. The predicted molar refractivity (Wildman–Crippen MR) is 92.0 cm³/mol. The van der Waals surface area contributed by atoms with Crippen LogP contribution in [-0.2, 0) is 6.42 Å². The summed E-state index contributed by atoms with van der Waals surface area (Å²) < 4.78 is 1.10. The maximum Gasteiger partial charge on any atom is 0.280 e. The molecule has 0 aliphatic carbocycles. The molecule has 0 aliphatic heterocycles. The van der Waals surface area contributed by atoms with Crippen molar-refractivity contribution in [3.63, 3.8) is 0 Å². The Hall–Kier alpha value is -1.98. The Morgan fingerprint density at radius 1 is 1.18 bits per heavy atom. The summed E-state index contributed by atoms with van der Waals surface area (Å²) in [4.78, 5) is 16.7. The van der Waals surface area contributed by atoms with Gasteiger partial charge in [-0.15, -0.1) is 0 Å². The van der Waals surface area contributed by atoms with Gasteiger partial charge < -0.3 is 5.84 Å². The molecule has 6 heteroatoms. The fraction of sp³-hybridized carbons (Fsp3) is 0.125. The maximum absolute atomic E-state index is 12.2. The Kier molecular flexibility index (Phi) is 4.36. The summed E-state index contributed by atoms with van der Waals surface area (Å²) in [7, 11) is 0. The van der Waals surface area contributed by atoms with Crippen LogP contribution in [0.4, 0.5) is 0 Å². The van der Waals surface area contributed by atoms with Gasteiger partial charge in [0.05, 0.1) is 10.9 Å². The van der Waals surface area contributed by atoms with Crippen molar-refractivity contribution in [3.05, 3.63) is 69.5 Å². The zero-order chi connectivity index (χ0) is 15.5. The number of aryl methyl sites for hydroxylation is 1. The maximum atomic E-state index is 12.2. The van der Waals surface area contributed by atoms with Crippen molar-refractivity contribution in [2.24, 2.45) is 0 Å². The highest BCUT2D eigenvalue weighted by Crippen LogP contribution is 2.20. The van der Waals surface area contributed by atoms with Gasteiger partial charge in [-0.2, -0.15) is 0 Å². The van der Waals surface area contributed by atoms with E-state index in [0.717, 1.165) is 16.8 Å². The number of nitrogens with zero attached hydrogens (tertiary/aromatic N) is 2. The van der Waals surface area contributed by atoms with Crippen LogP contribution < -0.4 is 11.4 Å². The van der Waals surface area contributed by atoms with Crippen molar-refractivity contribution >= 4 is 34.3 Å². The van der Waals surface area contributed by atoms with Crippen LogP contribution in [0.1, 0.15) is 5.56 Å². The van der Waals surface area contributed by atoms with E-state index in [0.29, 0.717) is 21.1 Å². The molecule has 0 bridgehead atoms. The van der Waals surface area contributed by atoms with Crippen molar-refractivity contribution in [1.29, 1.82) is 0 Å². The van der Waals surface area contributed by atoms with E-state index in [9.17, 15) is 4.79 Å². The molecular formula is C16H14ClN3OS. The van der Waals surface area contributed by atoms with Crippen LogP contribution in [0.25, 0.3) is 10.9 Å². The monoisotopic (exact) mass is 331 g/mol. The van der Waals surface area contributed by atoms with Crippen molar-refractivity contribution in [2.45, 2.75) is 11.6 Å². The lowest BCUT2D eigenvalue weighted by Gasteiger charge is -2.08. The van der Waals surface area contributed by atoms with Crippen LogP contribution in [0.5, 0.6) is 0 Å². The molecule has 2 aromatic carbocycles. The molecule has 0 unspecified atom stereocenters. The van der Waals surface area contributed by atoms with Gasteiger partial charge in [0.25, 0.3) is 5.56 Å². The fourth-order valence-corrected chi connectivity index (χ4v) is 3.23. The number of rotatable bonds is 4. The fourth-order valence-electron chi connectivity index (χ4n) is 2.16. The SMILES string of the molecule is Nn1c(SCCc2ccccc2)nc2cc(Cl)ccc2c1=O. The lowest BCUT2D eigenvalue weighted by Crippen LogP contribution is -2.29. The van der Waals surface area contributed by atoms with Crippen molar-refractivity contribution < 1.29 is 0 Å². The standard InChI is InChI=1S/C16H14ClN3OS/c17-12-6-7-13-14(10-12)19-16(20(18)15(13)21)22-9-8-11-4-2-1-3-5-11/h1-7,10H,8-9,18H2. The molecule has 0 saturated carbocycles. The Morgan fingerprint density at radius 2 is 1.95 bits per heavy atom. The number of thioether (sulfide) groups is 1. The summed E-state index contributed by atoms with van der Waals surface area (Å²) in [5, 5.41) is 1.52. The van der Waals surface area contributed by atoms with Crippen LogP contribution in [0.15, 0.2) is 58.5 Å². The Labute approximate surface area is 136 Å². The van der Waals surface area contributed by atoms with Crippen LogP contribution in [-0.4, -0.2) is 15.4 Å². The third-order valence-corrected chi connectivity index (χ3v) is 4.49. The first-order chi connectivity index (χ1) is 10.6. The quantitative estimate of drug-likeness (QED) is 0.453. The number of hydrogen-bond donors (Lipinski definition) is 1. The van der Waals surface area contributed by atoms with E-state index in [4.69, 9.17) is 17.4 Å². The molecule has 4 nitrogen and oxygen atoms in total. The average molecular weight is 332 g/mol. The molecule has 3 aromatic rings. The third-order valence-electron chi connectivity index (χ3n) is 3.30. The zero-order valence-corrected chi connectivity index (χ0v) is 13.3. The molecule has 112 valence electrons. The van der Waals surface area contributed by atoms with Gasteiger partial charge in [-0.1, -0.05) is 53.7 Å². The van der Waals surface area contributed by atoms with Crippen molar-refractivity contribution in [1.82, 2.24) is 9.66 Å². The number of fused-ring (bicyclic) bond motifs is 1. The molecular weight excluding hydrogens is 318 g/mol. The van der Waals surface area contributed by atoms with Crippen LogP contribution >= 0.6 is 23.4 Å². The molecule has 3 rings (SSSR count). The first-order valence-corrected chi connectivity index (χ1v) is 8.15. The zero-order valence-electron chi connectivity index (χ0n) is 11.7. The summed E-state index contributed by atoms with van der Waals surface area (Å²) in [6.07, 6.45) is 0.884. The molecule has 0 saturated heterocycles. The van der Waals surface area contributed by atoms with Crippen LogP contribution in [0, 0.1) is 0 Å². The van der Waals surface area contributed by atoms with Gasteiger partial charge in [0.1, 0.15) is 0 Å². The van der Waals surface area contributed by atoms with E-state index in [2.05, 4.69) is 17.1 Å². The lowest BCUT2D eigenvalue weighted by molar-refractivity contribution is 0.779. The highest BCUT2D eigenvalue weighted by atomic mass is 35.5. The van der Waals surface area contributed by atoms with Gasteiger partial charge in [0, 0.05) is 10.8 Å². The molecule has 0 aliphatic rings. The van der Waals surface area contributed by atoms with Crippen molar-refractivity contribution in [2.75, 3.05) is 11.6 Å². The summed E-state index contributed by atoms with van der Waals surface area (Å²) in [5.41, 5.74) is 1.55.